The first-order valence-electron chi connectivity index (χ1n) is 8.08. The monoisotopic (exact) mass is 376 g/mol. The minimum atomic E-state index is -3.77. The molecule has 0 atom stereocenters. The minimum absolute atomic E-state index is 0.212. The molecular weight excluding hydrogens is 356 g/mol. The highest BCUT2D eigenvalue weighted by Gasteiger charge is 2.28. The van der Waals surface area contributed by atoms with E-state index in [0.717, 1.165) is 5.39 Å². The molecule has 5 nitrogen and oxygen atoms in total. The quantitative estimate of drug-likeness (QED) is 0.679. The number of anilines is 1. The SMILES string of the molecule is CCC(O)(CC)c1csc(NS(=O)(=O)c2cccc3ccccc23)n1. The smallest absolute Gasteiger partial charge is 0.264 e. The lowest BCUT2D eigenvalue weighted by Crippen LogP contribution is -2.24. The average molecular weight is 377 g/mol. The Balaban J connectivity index is 1.96. The molecule has 0 amide bonds. The average Bonchev–Trinajstić information content (AvgIpc) is 3.09. The third kappa shape index (κ3) is 3.40. The summed E-state index contributed by atoms with van der Waals surface area (Å²) in [7, 11) is -3.77. The predicted molar refractivity (Wildman–Crippen MR) is 101 cm³/mol. The van der Waals surface area contributed by atoms with Gasteiger partial charge in [0, 0.05) is 10.8 Å². The van der Waals surface area contributed by atoms with Crippen LogP contribution in [-0.2, 0) is 15.6 Å². The van der Waals surface area contributed by atoms with Crippen LogP contribution in [-0.4, -0.2) is 18.5 Å². The first-order chi connectivity index (χ1) is 11.9. The lowest BCUT2D eigenvalue weighted by molar-refractivity contribution is 0.0247. The predicted octanol–water partition coefficient (Wildman–Crippen LogP) is 4.10. The van der Waals surface area contributed by atoms with Crippen molar-refractivity contribution in [1.29, 1.82) is 0 Å². The van der Waals surface area contributed by atoms with Crippen molar-refractivity contribution in [2.45, 2.75) is 37.2 Å². The third-order valence-corrected chi connectivity index (χ3v) is 6.70. The van der Waals surface area contributed by atoms with Gasteiger partial charge in [0.1, 0.15) is 5.60 Å². The molecule has 0 unspecified atom stereocenters. The van der Waals surface area contributed by atoms with Gasteiger partial charge in [-0.05, 0) is 24.3 Å². The van der Waals surface area contributed by atoms with Crippen molar-refractivity contribution in [2.75, 3.05) is 4.72 Å². The van der Waals surface area contributed by atoms with Crippen molar-refractivity contribution in [2.24, 2.45) is 0 Å². The van der Waals surface area contributed by atoms with Crippen LogP contribution in [0.15, 0.2) is 52.7 Å². The minimum Gasteiger partial charge on any atom is -0.384 e. The lowest BCUT2D eigenvalue weighted by Gasteiger charge is -2.22. The van der Waals surface area contributed by atoms with Gasteiger partial charge in [-0.15, -0.1) is 11.3 Å². The molecule has 0 aliphatic carbocycles. The Morgan fingerprint density at radius 3 is 2.52 bits per heavy atom. The zero-order valence-electron chi connectivity index (χ0n) is 14.1. The molecule has 3 rings (SSSR count). The van der Waals surface area contributed by atoms with E-state index in [4.69, 9.17) is 0 Å². The van der Waals surface area contributed by atoms with Crippen LogP contribution in [0.4, 0.5) is 5.13 Å². The second-order valence-corrected chi connectivity index (χ2v) is 8.37. The molecule has 3 aromatic rings. The van der Waals surface area contributed by atoms with Crippen molar-refractivity contribution >= 4 is 37.3 Å². The third-order valence-electron chi connectivity index (χ3n) is 4.41. The van der Waals surface area contributed by atoms with Crippen LogP contribution in [0.5, 0.6) is 0 Å². The largest absolute Gasteiger partial charge is 0.384 e. The fourth-order valence-corrected chi connectivity index (χ4v) is 5.03. The molecule has 0 aliphatic rings. The molecule has 25 heavy (non-hydrogen) atoms. The Hall–Kier alpha value is -1.96. The Labute approximate surface area is 151 Å². The van der Waals surface area contributed by atoms with Crippen molar-refractivity contribution in [3.63, 3.8) is 0 Å². The van der Waals surface area contributed by atoms with E-state index in [9.17, 15) is 13.5 Å². The lowest BCUT2D eigenvalue weighted by atomic mass is 9.94. The summed E-state index contributed by atoms with van der Waals surface area (Å²) in [4.78, 5) is 4.50. The normalized spacial score (nSPS) is 12.4. The van der Waals surface area contributed by atoms with Gasteiger partial charge in [0.2, 0.25) is 0 Å². The number of aromatic nitrogens is 1. The highest BCUT2D eigenvalue weighted by molar-refractivity contribution is 7.93. The second kappa shape index (κ2) is 6.74. The zero-order valence-corrected chi connectivity index (χ0v) is 15.7. The van der Waals surface area contributed by atoms with E-state index in [2.05, 4.69) is 9.71 Å². The summed E-state index contributed by atoms with van der Waals surface area (Å²) in [6, 6.07) is 12.5. The number of nitrogens with zero attached hydrogens (tertiary/aromatic N) is 1. The standard InChI is InChI=1S/C18H20N2O3S2/c1-3-18(21,4-2)16-12-24-17(19-16)20-25(22,23)15-11-7-9-13-8-5-6-10-14(13)15/h5-12,21H,3-4H2,1-2H3,(H,19,20). The van der Waals surface area contributed by atoms with Gasteiger partial charge in [-0.2, -0.15) is 0 Å². The maximum Gasteiger partial charge on any atom is 0.264 e. The van der Waals surface area contributed by atoms with Crippen LogP contribution in [0.1, 0.15) is 32.4 Å². The molecule has 1 aromatic heterocycles. The molecule has 2 aromatic carbocycles. The van der Waals surface area contributed by atoms with Crippen molar-refractivity contribution in [3.05, 3.63) is 53.5 Å². The van der Waals surface area contributed by atoms with Gasteiger partial charge in [-0.1, -0.05) is 50.2 Å². The summed E-state index contributed by atoms with van der Waals surface area (Å²) in [6.07, 6.45) is 1.03. The number of hydrogen-bond acceptors (Lipinski definition) is 5. The summed E-state index contributed by atoms with van der Waals surface area (Å²) >= 11 is 1.17. The number of rotatable bonds is 6. The van der Waals surface area contributed by atoms with Crippen molar-refractivity contribution in [3.8, 4) is 0 Å². The Bertz CT molecular complexity index is 987. The highest BCUT2D eigenvalue weighted by atomic mass is 32.2. The number of aliphatic hydroxyl groups is 1. The van der Waals surface area contributed by atoms with E-state index in [0.29, 0.717) is 23.9 Å². The Morgan fingerprint density at radius 1 is 1.12 bits per heavy atom. The number of sulfonamides is 1. The first kappa shape index (κ1) is 17.8. The van der Waals surface area contributed by atoms with E-state index >= 15 is 0 Å². The van der Waals surface area contributed by atoms with Gasteiger partial charge in [-0.3, -0.25) is 4.72 Å². The van der Waals surface area contributed by atoms with E-state index in [1.807, 2.05) is 38.1 Å². The number of hydrogen-bond donors (Lipinski definition) is 2. The number of fused-ring (bicyclic) bond motifs is 1. The molecule has 0 aliphatic heterocycles. The highest BCUT2D eigenvalue weighted by Crippen LogP contribution is 2.32. The van der Waals surface area contributed by atoms with E-state index in [1.165, 1.54) is 11.3 Å². The number of thiazole rings is 1. The molecule has 7 heteroatoms. The fourth-order valence-electron chi connectivity index (χ4n) is 2.75. The summed E-state index contributed by atoms with van der Waals surface area (Å²) in [6.45, 7) is 3.76. The zero-order chi connectivity index (χ0) is 18.1. The Kier molecular flexibility index (Phi) is 4.81. The van der Waals surface area contributed by atoms with E-state index in [-0.39, 0.29) is 10.0 Å². The molecule has 1 heterocycles. The topological polar surface area (TPSA) is 79.3 Å². The first-order valence-corrected chi connectivity index (χ1v) is 10.4. The van der Waals surface area contributed by atoms with Gasteiger partial charge in [0.05, 0.1) is 10.6 Å². The molecule has 0 bridgehead atoms. The maximum absolute atomic E-state index is 12.8. The molecule has 132 valence electrons. The molecule has 0 saturated heterocycles. The van der Waals surface area contributed by atoms with Crippen LogP contribution in [0.25, 0.3) is 10.8 Å². The molecule has 0 radical (unpaired) electrons. The van der Waals surface area contributed by atoms with E-state index < -0.39 is 15.6 Å². The second-order valence-electron chi connectivity index (χ2n) is 5.86. The molecule has 0 spiro atoms. The molecular formula is C18H20N2O3S2. The van der Waals surface area contributed by atoms with Crippen LogP contribution in [0, 0.1) is 0 Å². The number of benzene rings is 2. The van der Waals surface area contributed by atoms with Crippen molar-refractivity contribution in [1.82, 2.24) is 4.98 Å². The van der Waals surface area contributed by atoms with Gasteiger partial charge in [-0.25, -0.2) is 13.4 Å². The Morgan fingerprint density at radius 2 is 1.80 bits per heavy atom. The van der Waals surface area contributed by atoms with E-state index in [1.54, 1.807) is 23.6 Å². The maximum atomic E-state index is 12.8. The number of nitrogens with one attached hydrogen (secondary N) is 1. The van der Waals surface area contributed by atoms with Crippen LogP contribution in [0.2, 0.25) is 0 Å². The van der Waals surface area contributed by atoms with Crippen LogP contribution in [0.3, 0.4) is 0 Å². The van der Waals surface area contributed by atoms with Gasteiger partial charge >= 0.3 is 0 Å². The van der Waals surface area contributed by atoms with Gasteiger partial charge in [0.15, 0.2) is 5.13 Å². The van der Waals surface area contributed by atoms with Crippen LogP contribution >= 0.6 is 11.3 Å². The molecule has 2 N–H and O–H groups in total. The molecule has 0 fully saturated rings. The molecule has 0 saturated carbocycles. The summed E-state index contributed by atoms with van der Waals surface area (Å²) in [5.74, 6) is 0. The van der Waals surface area contributed by atoms with Gasteiger partial charge in [0.25, 0.3) is 10.0 Å². The summed E-state index contributed by atoms with van der Waals surface area (Å²) in [5, 5.41) is 14.0. The van der Waals surface area contributed by atoms with Crippen molar-refractivity contribution < 1.29 is 13.5 Å². The fraction of sp³-hybridized carbons (Fsp3) is 0.278. The van der Waals surface area contributed by atoms with Gasteiger partial charge < -0.3 is 5.11 Å². The van der Waals surface area contributed by atoms with Crippen LogP contribution < -0.4 is 4.72 Å². The summed E-state index contributed by atoms with van der Waals surface area (Å²) < 4.78 is 28.1. The summed E-state index contributed by atoms with van der Waals surface area (Å²) in [5.41, 5.74) is -0.530.